The predicted molar refractivity (Wildman–Crippen MR) is 228 cm³/mol. The number of fused-ring (bicyclic) bond motifs is 4. The first-order valence-electron chi connectivity index (χ1n) is 22.0. The predicted octanol–water partition coefficient (Wildman–Crippen LogP) is 3.52. The first-order chi connectivity index (χ1) is 30.6. The number of imidazole rings is 1. The van der Waals surface area contributed by atoms with Gasteiger partial charge in [0, 0.05) is 71.7 Å². The maximum atomic E-state index is 14.3. The Labute approximate surface area is 361 Å². The van der Waals surface area contributed by atoms with E-state index in [1.165, 1.54) is 19.8 Å². The van der Waals surface area contributed by atoms with Crippen molar-refractivity contribution in [2.75, 3.05) is 62.6 Å². The standard InChI is InChI=1S/C44H50F2N12O5/c1-52-39-28(4-2-6-34(39)58(44(52)62)35-13-14-37(59)50-43(35)61)5-3-16-53-18-20-54(21-19-53)23-27-7-9-29(10-8-27)57-26-33(38(51-57)40(45)46)48-42(60)32-22-47-56-17-15-36(49-41(32)56)55-24-30-11-12-31(25-55)63-30/h2,4,6,15,17,22,26-27,29-31,35,40H,7-14,16,18-21,23-25H2,1H3,(H,48,60)(H,50,59,61)/t27?,29?,30-,31+,35?. The Morgan fingerprint density at radius 3 is 2.49 bits per heavy atom. The topological polar surface area (TPSA) is 169 Å². The summed E-state index contributed by atoms with van der Waals surface area (Å²) in [4.78, 5) is 62.9. The molecule has 0 spiro atoms. The molecular weight excluding hydrogens is 815 g/mol. The molecule has 0 radical (unpaired) electrons. The average Bonchev–Trinajstić information content (AvgIpc) is 4.05. The molecule has 4 saturated heterocycles. The fourth-order valence-electron chi connectivity index (χ4n) is 10.1. The number of hydrogen-bond donors (Lipinski definition) is 2. The Balaban J connectivity index is 0.717. The Hall–Kier alpha value is -5.97. The van der Waals surface area contributed by atoms with Crippen LogP contribution in [-0.4, -0.2) is 126 Å². The molecule has 5 aromatic rings. The van der Waals surface area contributed by atoms with Gasteiger partial charge < -0.3 is 19.9 Å². The number of piperidine rings is 1. The molecular formula is C44H50F2N12O5. The molecule has 8 heterocycles. The van der Waals surface area contributed by atoms with E-state index in [0.717, 1.165) is 90.2 Å². The zero-order valence-electron chi connectivity index (χ0n) is 35.1. The van der Waals surface area contributed by atoms with Gasteiger partial charge >= 0.3 is 5.69 Å². The number of ether oxygens (including phenoxy) is 1. The lowest BCUT2D eigenvalue weighted by atomic mass is 9.85. The highest BCUT2D eigenvalue weighted by Gasteiger charge is 2.35. The molecule has 63 heavy (non-hydrogen) atoms. The molecule has 1 aromatic carbocycles. The van der Waals surface area contributed by atoms with E-state index in [1.54, 1.807) is 24.1 Å². The lowest BCUT2D eigenvalue weighted by molar-refractivity contribution is -0.135. The number of rotatable bonds is 9. The van der Waals surface area contributed by atoms with E-state index in [2.05, 4.69) is 47.4 Å². The molecule has 4 aromatic heterocycles. The van der Waals surface area contributed by atoms with Crippen LogP contribution in [0.1, 0.15) is 91.5 Å². The number of alkyl halides is 2. The van der Waals surface area contributed by atoms with Gasteiger partial charge in [0.1, 0.15) is 17.4 Å². The normalized spacial score (nSPS) is 24.6. The summed E-state index contributed by atoms with van der Waals surface area (Å²) in [7, 11) is 1.68. The van der Waals surface area contributed by atoms with Crippen molar-refractivity contribution >= 4 is 45.9 Å². The SMILES string of the molecule is Cn1c(=O)n(C2CCC(=O)NC2=O)c2cccc(C#CCN3CCN(CC4CCC(n5cc(NC(=O)c6cnn7ccc(N8C[C@H]9CC[C@@H](C8)O9)nc67)c(C(F)F)n5)CC4)CC3)c21. The maximum absolute atomic E-state index is 14.3. The highest BCUT2D eigenvalue weighted by atomic mass is 19.3. The second kappa shape index (κ2) is 17.0. The number of halogens is 2. The van der Waals surface area contributed by atoms with Crippen molar-refractivity contribution in [3.05, 3.63) is 70.2 Å². The fourth-order valence-corrected chi connectivity index (χ4v) is 10.1. The number of carbonyl (C=O) groups is 3. The van der Waals surface area contributed by atoms with Crippen molar-refractivity contribution < 1.29 is 27.9 Å². The van der Waals surface area contributed by atoms with Crippen LogP contribution in [0.4, 0.5) is 20.3 Å². The second-order valence-corrected chi connectivity index (χ2v) is 17.5. The molecule has 5 aliphatic rings. The molecule has 1 saturated carbocycles. The number of para-hydroxylation sites is 1. The third-order valence-electron chi connectivity index (χ3n) is 13.5. The summed E-state index contributed by atoms with van der Waals surface area (Å²) in [6.45, 7) is 6.58. The number of benzene rings is 1. The minimum Gasteiger partial charge on any atom is -0.371 e. The molecule has 10 rings (SSSR count). The molecule has 17 nitrogen and oxygen atoms in total. The Morgan fingerprint density at radius 2 is 1.75 bits per heavy atom. The lowest BCUT2D eigenvalue weighted by Crippen LogP contribution is -2.48. The van der Waals surface area contributed by atoms with Gasteiger partial charge in [-0.2, -0.15) is 10.2 Å². The zero-order valence-corrected chi connectivity index (χ0v) is 35.1. The second-order valence-electron chi connectivity index (χ2n) is 17.5. The quantitative estimate of drug-likeness (QED) is 0.164. The van der Waals surface area contributed by atoms with Crippen molar-refractivity contribution in [3.8, 4) is 11.8 Å². The van der Waals surface area contributed by atoms with Crippen LogP contribution in [0.15, 0.2) is 47.7 Å². The minimum atomic E-state index is -2.86. The summed E-state index contributed by atoms with van der Waals surface area (Å²) in [5, 5.41) is 13.6. The number of hydrogen-bond acceptors (Lipinski definition) is 11. The number of nitrogens with one attached hydrogen (secondary N) is 2. The summed E-state index contributed by atoms with van der Waals surface area (Å²) in [6.07, 6.45) is 8.17. The van der Waals surface area contributed by atoms with E-state index < -0.39 is 30.0 Å². The van der Waals surface area contributed by atoms with Gasteiger partial charge in [-0.15, -0.1) is 0 Å². The minimum absolute atomic E-state index is 0.00789. The van der Waals surface area contributed by atoms with E-state index >= 15 is 0 Å². The molecule has 2 N–H and O–H groups in total. The van der Waals surface area contributed by atoms with Gasteiger partial charge in [0.25, 0.3) is 12.3 Å². The highest BCUT2D eigenvalue weighted by molar-refractivity contribution is 6.08. The van der Waals surface area contributed by atoms with Gasteiger partial charge in [-0.05, 0) is 69.1 Å². The monoisotopic (exact) mass is 864 g/mol. The highest BCUT2D eigenvalue weighted by Crippen LogP contribution is 2.36. The van der Waals surface area contributed by atoms with E-state index in [9.17, 15) is 28.0 Å². The summed E-state index contributed by atoms with van der Waals surface area (Å²) < 4.78 is 40.7. The van der Waals surface area contributed by atoms with Gasteiger partial charge in [0.2, 0.25) is 11.8 Å². The third kappa shape index (κ3) is 8.11. The molecule has 3 amide bonds. The van der Waals surface area contributed by atoms with Gasteiger partial charge in [-0.25, -0.2) is 23.1 Å². The Kier molecular flexibility index (Phi) is 11.1. The van der Waals surface area contributed by atoms with Gasteiger partial charge in [0.15, 0.2) is 11.3 Å². The molecule has 1 unspecified atom stereocenters. The number of aryl methyl sites for hydroxylation is 1. The van der Waals surface area contributed by atoms with Crippen molar-refractivity contribution in [2.45, 2.75) is 82.1 Å². The third-order valence-corrected chi connectivity index (χ3v) is 13.5. The number of aromatic nitrogens is 7. The molecule has 330 valence electrons. The Bertz CT molecular complexity index is 2680. The number of carbonyl (C=O) groups excluding carboxylic acids is 3. The smallest absolute Gasteiger partial charge is 0.329 e. The number of amides is 3. The largest absolute Gasteiger partial charge is 0.371 e. The molecule has 4 aliphatic heterocycles. The van der Waals surface area contributed by atoms with Crippen LogP contribution >= 0.6 is 0 Å². The van der Waals surface area contributed by atoms with Crippen LogP contribution in [0.3, 0.4) is 0 Å². The average molecular weight is 865 g/mol. The van der Waals surface area contributed by atoms with E-state index in [-0.39, 0.29) is 53.9 Å². The lowest BCUT2D eigenvalue weighted by Gasteiger charge is -2.37. The molecule has 5 fully saturated rings. The van der Waals surface area contributed by atoms with Crippen LogP contribution in [0.5, 0.6) is 0 Å². The van der Waals surface area contributed by atoms with Gasteiger partial charge in [0.05, 0.1) is 53.3 Å². The van der Waals surface area contributed by atoms with Crippen molar-refractivity contribution in [1.82, 2.24) is 48.6 Å². The molecule has 3 atom stereocenters. The van der Waals surface area contributed by atoms with E-state index in [4.69, 9.17) is 9.72 Å². The first-order valence-corrected chi connectivity index (χ1v) is 22.0. The van der Waals surface area contributed by atoms with Crippen molar-refractivity contribution in [3.63, 3.8) is 0 Å². The first kappa shape index (κ1) is 41.1. The van der Waals surface area contributed by atoms with Crippen LogP contribution in [0.25, 0.3) is 16.7 Å². The number of morpholine rings is 1. The Morgan fingerprint density at radius 1 is 0.984 bits per heavy atom. The summed E-state index contributed by atoms with van der Waals surface area (Å²) >= 11 is 0. The van der Waals surface area contributed by atoms with Crippen LogP contribution < -0.4 is 21.2 Å². The van der Waals surface area contributed by atoms with E-state index in [0.29, 0.717) is 34.7 Å². The van der Waals surface area contributed by atoms with Crippen molar-refractivity contribution in [2.24, 2.45) is 13.0 Å². The number of imide groups is 1. The van der Waals surface area contributed by atoms with Crippen LogP contribution in [-0.2, 0) is 21.4 Å². The summed E-state index contributed by atoms with van der Waals surface area (Å²) in [6, 6.07) is 6.59. The van der Waals surface area contributed by atoms with Gasteiger partial charge in [-0.3, -0.25) is 38.4 Å². The van der Waals surface area contributed by atoms with Gasteiger partial charge in [-0.1, -0.05) is 17.9 Å². The molecule has 19 heteroatoms. The van der Waals surface area contributed by atoms with Crippen molar-refractivity contribution in [1.29, 1.82) is 0 Å². The van der Waals surface area contributed by atoms with Crippen LogP contribution in [0, 0.1) is 17.8 Å². The summed E-state index contributed by atoms with van der Waals surface area (Å²) in [5.74, 6) is 6.41. The summed E-state index contributed by atoms with van der Waals surface area (Å²) in [5.41, 5.74) is 1.75. The maximum Gasteiger partial charge on any atom is 0.329 e. The molecule has 2 bridgehead atoms. The number of nitrogens with zero attached hydrogens (tertiary/aromatic N) is 10. The zero-order chi connectivity index (χ0) is 43.4. The molecule has 1 aliphatic carbocycles. The van der Waals surface area contributed by atoms with E-state index in [1.807, 2.05) is 24.3 Å². The fraction of sp³-hybridized carbons (Fsp3) is 0.523. The number of piperazine rings is 1. The van der Waals surface area contributed by atoms with Crippen LogP contribution in [0.2, 0.25) is 0 Å². The number of anilines is 2.